The van der Waals surface area contributed by atoms with Crippen molar-refractivity contribution in [3.63, 3.8) is 0 Å². The molecule has 4 heterocycles. The van der Waals surface area contributed by atoms with E-state index in [0.29, 0.717) is 30.7 Å². The first-order chi connectivity index (χ1) is 16.0. The normalized spacial score (nSPS) is 30.9. The van der Waals surface area contributed by atoms with E-state index < -0.39 is 0 Å². The van der Waals surface area contributed by atoms with Gasteiger partial charge in [-0.3, -0.25) is 19.3 Å². The van der Waals surface area contributed by atoms with Crippen LogP contribution in [-0.2, 0) is 14.4 Å². The minimum Gasteiger partial charge on any atom is -0.356 e. The predicted molar refractivity (Wildman–Crippen MR) is 115 cm³/mol. The smallest absolute Gasteiger partial charge is 0.242 e. The Balaban J connectivity index is 1.18. The van der Waals surface area contributed by atoms with Crippen LogP contribution < -0.4 is 0 Å². The summed E-state index contributed by atoms with van der Waals surface area (Å²) < 4.78 is 5.43. The summed E-state index contributed by atoms with van der Waals surface area (Å²) in [4.78, 5) is 50.9. The van der Waals surface area contributed by atoms with Crippen molar-refractivity contribution in [2.24, 2.45) is 23.7 Å². The monoisotopic (exact) mass is 449 g/mol. The van der Waals surface area contributed by atoms with Crippen LogP contribution in [0.5, 0.6) is 0 Å². The molecule has 2 saturated carbocycles. The molecule has 9 heteroatoms. The number of carbonyl (C=O) groups is 3. The Morgan fingerprint density at radius 2 is 1.91 bits per heavy atom. The van der Waals surface area contributed by atoms with Gasteiger partial charge in [0.25, 0.3) is 0 Å². The standard InChI is InChI=1S/C24H27N5O4/c1-13-7-18(33-27-13)17-9-25-12-26-22(17)16-3-2-6-28(10-16)19(30)11-29-23(31)20-14-4-5-15(8-14)21(20)24(29)32/h7,9,12,14-16,20-21H,2-6,8,10-11H2,1H3/t14-,15-,16+,20-,21+/m0/s1. The zero-order valence-electron chi connectivity index (χ0n) is 18.6. The number of likely N-dealkylation sites (tertiary alicyclic amines) is 2. The van der Waals surface area contributed by atoms with Crippen molar-refractivity contribution in [1.29, 1.82) is 0 Å². The lowest BCUT2D eigenvalue weighted by atomic mass is 9.81. The Kier molecular flexibility index (Phi) is 4.81. The number of imide groups is 1. The molecule has 4 aliphatic rings. The summed E-state index contributed by atoms with van der Waals surface area (Å²) in [6.45, 7) is 2.82. The molecule has 6 rings (SSSR count). The summed E-state index contributed by atoms with van der Waals surface area (Å²) in [5, 5.41) is 3.97. The van der Waals surface area contributed by atoms with Gasteiger partial charge < -0.3 is 9.42 Å². The Hall–Kier alpha value is -3.10. The van der Waals surface area contributed by atoms with Crippen molar-refractivity contribution in [2.75, 3.05) is 19.6 Å². The second-order valence-electron chi connectivity index (χ2n) is 9.98. The van der Waals surface area contributed by atoms with Crippen molar-refractivity contribution < 1.29 is 18.9 Å². The molecule has 3 amide bonds. The third-order valence-corrected chi connectivity index (χ3v) is 8.11. The Labute approximate surface area is 191 Å². The number of amides is 3. The number of carbonyl (C=O) groups excluding carboxylic acids is 3. The molecule has 0 spiro atoms. The van der Waals surface area contributed by atoms with Crippen molar-refractivity contribution in [1.82, 2.24) is 24.9 Å². The van der Waals surface area contributed by atoms with E-state index in [2.05, 4.69) is 15.1 Å². The molecule has 2 bridgehead atoms. The van der Waals surface area contributed by atoms with Gasteiger partial charge in [-0.1, -0.05) is 5.16 Å². The summed E-state index contributed by atoms with van der Waals surface area (Å²) in [6, 6.07) is 1.85. The molecule has 2 aliphatic heterocycles. The van der Waals surface area contributed by atoms with Crippen molar-refractivity contribution in [3.8, 4) is 11.3 Å². The van der Waals surface area contributed by atoms with Crippen LogP contribution in [0.1, 0.15) is 49.4 Å². The number of rotatable bonds is 4. The molecule has 2 aromatic rings. The largest absolute Gasteiger partial charge is 0.356 e. The van der Waals surface area contributed by atoms with Crippen LogP contribution in [0.4, 0.5) is 0 Å². The molecule has 33 heavy (non-hydrogen) atoms. The van der Waals surface area contributed by atoms with Gasteiger partial charge in [-0.25, -0.2) is 9.97 Å². The van der Waals surface area contributed by atoms with Gasteiger partial charge >= 0.3 is 0 Å². The van der Waals surface area contributed by atoms with E-state index in [-0.39, 0.29) is 42.0 Å². The fourth-order valence-corrected chi connectivity index (χ4v) is 6.63. The first kappa shape index (κ1) is 20.5. The lowest BCUT2D eigenvalue weighted by Crippen LogP contribution is -2.46. The Morgan fingerprint density at radius 3 is 2.61 bits per heavy atom. The average Bonchev–Trinajstić information content (AvgIpc) is 3.61. The first-order valence-electron chi connectivity index (χ1n) is 11.9. The topological polar surface area (TPSA) is 110 Å². The summed E-state index contributed by atoms with van der Waals surface area (Å²) in [7, 11) is 0. The van der Waals surface area contributed by atoms with Crippen LogP contribution in [0.3, 0.4) is 0 Å². The molecule has 2 saturated heterocycles. The minimum absolute atomic E-state index is 0.0197. The molecule has 0 N–H and O–H groups in total. The van der Waals surface area contributed by atoms with Gasteiger partial charge in [0.1, 0.15) is 12.9 Å². The Bertz CT molecular complexity index is 1100. The van der Waals surface area contributed by atoms with Crippen LogP contribution >= 0.6 is 0 Å². The summed E-state index contributed by atoms with van der Waals surface area (Å²) in [5.41, 5.74) is 2.39. The van der Waals surface area contributed by atoms with E-state index >= 15 is 0 Å². The number of fused-ring (bicyclic) bond motifs is 5. The van der Waals surface area contributed by atoms with Crippen LogP contribution in [0.2, 0.25) is 0 Å². The molecule has 2 aromatic heterocycles. The first-order valence-corrected chi connectivity index (χ1v) is 11.9. The van der Waals surface area contributed by atoms with Gasteiger partial charge in [-0.15, -0.1) is 0 Å². The second-order valence-corrected chi connectivity index (χ2v) is 9.98. The zero-order chi connectivity index (χ0) is 22.7. The predicted octanol–water partition coefficient (Wildman–Crippen LogP) is 2.18. The van der Waals surface area contributed by atoms with Gasteiger partial charge in [0, 0.05) is 31.3 Å². The maximum Gasteiger partial charge on any atom is 0.242 e. The number of piperidine rings is 1. The highest BCUT2D eigenvalue weighted by molar-refractivity contribution is 6.08. The van der Waals surface area contributed by atoms with E-state index in [1.165, 1.54) is 11.2 Å². The lowest BCUT2D eigenvalue weighted by molar-refractivity contribution is -0.147. The van der Waals surface area contributed by atoms with Crippen LogP contribution in [0.25, 0.3) is 11.3 Å². The highest BCUT2D eigenvalue weighted by Gasteiger charge is 2.61. The maximum absolute atomic E-state index is 13.2. The Morgan fingerprint density at radius 1 is 1.15 bits per heavy atom. The fraction of sp³-hybridized carbons (Fsp3) is 0.583. The summed E-state index contributed by atoms with van der Waals surface area (Å²) in [5.74, 6) is 0.487. The lowest BCUT2D eigenvalue weighted by Gasteiger charge is -2.34. The second kappa shape index (κ2) is 7.74. The molecule has 0 radical (unpaired) electrons. The van der Waals surface area contributed by atoms with E-state index in [0.717, 1.165) is 49.1 Å². The van der Waals surface area contributed by atoms with Gasteiger partial charge in [0.15, 0.2) is 5.76 Å². The minimum atomic E-state index is -0.188. The number of hydrogen-bond acceptors (Lipinski definition) is 7. The van der Waals surface area contributed by atoms with Gasteiger partial charge in [0.2, 0.25) is 17.7 Å². The van der Waals surface area contributed by atoms with Gasteiger partial charge in [-0.05, 0) is 50.9 Å². The third-order valence-electron chi connectivity index (χ3n) is 8.11. The number of hydrogen-bond donors (Lipinski definition) is 0. The molecular weight excluding hydrogens is 422 g/mol. The van der Waals surface area contributed by atoms with E-state index in [1.807, 2.05) is 13.0 Å². The number of nitrogens with zero attached hydrogens (tertiary/aromatic N) is 5. The van der Waals surface area contributed by atoms with Gasteiger partial charge in [0.05, 0.1) is 28.8 Å². The molecule has 4 fully saturated rings. The molecule has 0 aromatic carbocycles. The van der Waals surface area contributed by atoms with Crippen LogP contribution in [0, 0.1) is 30.6 Å². The van der Waals surface area contributed by atoms with Crippen molar-refractivity contribution >= 4 is 17.7 Å². The van der Waals surface area contributed by atoms with Gasteiger partial charge in [-0.2, -0.15) is 0 Å². The van der Waals surface area contributed by atoms with Crippen LogP contribution in [0.15, 0.2) is 23.1 Å². The quantitative estimate of drug-likeness (QED) is 0.658. The maximum atomic E-state index is 13.2. The molecule has 172 valence electrons. The molecule has 0 unspecified atom stereocenters. The van der Waals surface area contributed by atoms with E-state index in [1.54, 1.807) is 11.1 Å². The fourth-order valence-electron chi connectivity index (χ4n) is 6.63. The number of aromatic nitrogens is 3. The van der Waals surface area contributed by atoms with Crippen molar-refractivity contribution in [2.45, 2.75) is 44.9 Å². The molecular formula is C24H27N5O4. The van der Waals surface area contributed by atoms with Crippen LogP contribution in [-0.4, -0.2) is 62.3 Å². The molecule has 5 atom stereocenters. The molecule has 2 aliphatic carbocycles. The highest BCUT2D eigenvalue weighted by Crippen LogP contribution is 2.56. The summed E-state index contributed by atoms with van der Waals surface area (Å²) >= 11 is 0. The van der Waals surface area contributed by atoms with Crippen molar-refractivity contribution in [3.05, 3.63) is 30.0 Å². The summed E-state index contributed by atoms with van der Waals surface area (Å²) in [6.07, 6.45) is 8.00. The third kappa shape index (κ3) is 3.28. The molecule has 9 nitrogen and oxygen atoms in total. The SMILES string of the molecule is Cc1cc(-c2cncnc2[C@@H]2CCCN(C(=O)CN3C(=O)[C@@H]4[C@H]5CC[C@@H](C5)[C@@H]4C3=O)C2)on1. The highest BCUT2D eigenvalue weighted by atomic mass is 16.5. The zero-order valence-corrected chi connectivity index (χ0v) is 18.6. The van der Waals surface area contributed by atoms with E-state index in [9.17, 15) is 14.4 Å². The number of aryl methyl sites for hydroxylation is 1. The average molecular weight is 450 g/mol. The van der Waals surface area contributed by atoms with E-state index in [4.69, 9.17) is 4.52 Å².